The van der Waals surface area contributed by atoms with Gasteiger partial charge in [-0.3, -0.25) is 0 Å². The number of anilines is 1. The maximum atomic E-state index is 10.1. The number of hydrogen-bond donors (Lipinski definition) is 2. The number of nitrogens with zero attached hydrogens (tertiary/aromatic N) is 6. The van der Waals surface area contributed by atoms with E-state index in [2.05, 4.69) is 20.2 Å². The van der Waals surface area contributed by atoms with Gasteiger partial charge in [-0.05, 0) is 24.3 Å². The fourth-order valence-electron chi connectivity index (χ4n) is 2.74. The molecule has 0 atom stereocenters. The Morgan fingerprint density at radius 3 is 2.72 bits per heavy atom. The second-order valence-corrected chi connectivity index (χ2v) is 5.40. The van der Waals surface area contributed by atoms with Crippen molar-refractivity contribution in [2.75, 3.05) is 5.73 Å². The van der Waals surface area contributed by atoms with E-state index in [1.165, 1.54) is 9.20 Å². The first-order valence-electron chi connectivity index (χ1n) is 7.44. The third-order valence-electron chi connectivity index (χ3n) is 3.88. The van der Waals surface area contributed by atoms with E-state index in [-0.39, 0.29) is 11.7 Å². The highest BCUT2D eigenvalue weighted by Gasteiger charge is 2.18. The molecule has 0 aliphatic carbocycles. The minimum absolute atomic E-state index is 0.0884. The maximum absolute atomic E-state index is 10.1. The van der Waals surface area contributed by atoms with Gasteiger partial charge in [-0.1, -0.05) is 12.1 Å². The van der Waals surface area contributed by atoms with Crippen LogP contribution in [0.25, 0.3) is 34.0 Å². The Balaban J connectivity index is 1.81. The molecular weight excluding hydrogens is 322 g/mol. The van der Waals surface area contributed by atoms with Crippen LogP contribution in [0, 0.1) is 0 Å². The van der Waals surface area contributed by atoms with Crippen molar-refractivity contribution in [2.45, 2.75) is 0 Å². The first-order chi connectivity index (χ1) is 12.2. The van der Waals surface area contributed by atoms with Crippen LogP contribution in [0.2, 0.25) is 0 Å². The molecule has 0 aliphatic rings. The number of fused-ring (bicyclic) bond motifs is 3. The Bertz CT molecular complexity index is 1220. The summed E-state index contributed by atoms with van der Waals surface area (Å²) in [5, 5.41) is 19.4. The van der Waals surface area contributed by atoms with E-state index in [0.29, 0.717) is 34.0 Å². The Hall–Kier alpha value is -3.88. The smallest absolute Gasteiger partial charge is 0.225 e. The highest BCUT2D eigenvalue weighted by Crippen LogP contribution is 2.27. The minimum Gasteiger partial charge on any atom is -0.506 e. The van der Waals surface area contributed by atoms with Crippen molar-refractivity contribution < 1.29 is 9.52 Å². The van der Waals surface area contributed by atoms with Crippen molar-refractivity contribution in [1.82, 2.24) is 29.4 Å². The van der Waals surface area contributed by atoms with Crippen molar-refractivity contribution >= 4 is 22.6 Å². The number of phenols is 1. The molecule has 9 nitrogen and oxygen atoms in total. The van der Waals surface area contributed by atoms with E-state index in [1.54, 1.807) is 48.9 Å². The Kier molecular flexibility index (Phi) is 2.60. The number of furan rings is 1. The van der Waals surface area contributed by atoms with Crippen molar-refractivity contribution in [3.8, 4) is 23.0 Å². The van der Waals surface area contributed by atoms with Crippen molar-refractivity contribution in [1.29, 1.82) is 0 Å². The van der Waals surface area contributed by atoms with Gasteiger partial charge in [-0.15, -0.1) is 5.10 Å². The number of benzene rings is 1. The predicted molar refractivity (Wildman–Crippen MR) is 89.2 cm³/mol. The monoisotopic (exact) mass is 333 g/mol. The normalized spacial score (nSPS) is 11.5. The lowest BCUT2D eigenvalue weighted by Crippen LogP contribution is -2.05. The van der Waals surface area contributed by atoms with Gasteiger partial charge in [0.1, 0.15) is 11.4 Å². The summed E-state index contributed by atoms with van der Waals surface area (Å²) < 4.78 is 8.30. The molecule has 25 heavy (non-hydrogen) atoms. The van der Waals surface area contributed by atoms with Gasteiger partial charge in [0, 0.05) is 0 Å². The number of rotatable bonds is 2. The van der Waals surface area contributed by atoms with Crippen molar-refractivity contribution in [3.63, 3.8) is 0 Å². The van der Waals surface area contributed by atoms with Crippen LogP contribution in [0.15, 0.2) is 53.3 Å². The zero-order chi connectivity index (χ0) is 17.0. The minimum atomic E-state index is 0.0884. The molecule has 0 radical (unpaired) electrons. The molecule has 4 aromatic heterocycles. The molecule has 0 bridgehead atoms. The number of aromatic hydroxyl groups is 1. The van der Waals surface area contributed by atoms with E-state index in [1.807, 2.05) is 0 Å². The summed E-state index contributed by atoms with van der Waals surface area (Å²) in [7, 11) is 0. The Morgan fingerprint density at radius 1 is 1.04 bits per heavy atom. The Morgan fingerprint density at radius 2 is 1.92 bits per heavy atom. The third kappa shape index (κ3) is 1.89. The molecule has 0 spiro atoms. The first kappa shape index (κ1) is 13.5. The summed E-state index contributed by atoms with van der Waals surface area (Å²) >= 11 is 0. The number of nitrogens with two attached hydrogens (primary N) is 1. The second-order valence-electron chi connectivity index (χ2n) is 5.40. The second kappa shape index (κ2) is 4.81. The van der Waals surface area contributed by atoms with Gasteiger partial charge in [0.25, 0.3) is 0 Å². The molecule has 0 fully saturated rings. The fourth-order valence-corrected chi connectivity index (χ4v) is 2.74. The maximum Gasteiger partial charge on any atom is 0.225 e. The third-order valence-corrected chi connectivity index (χ3v) is 3.88. The summed E-state index contributed by atoms with van der Waals surface area (Å²) in [5.74, 6) is 1.18. The SMILES string of the molecule is Nc1nc2c(cnn2-c2ccccc2O)c2nc(-c3ccco3)nn12. The zero-order valence-electron chi connectivity index (χ0n) is 12.7. The summed E-state index contributed by atoms with van der Waals surface area (Å²) in [6.45, 7) is 0. The fraction of sp³-hybridized carbons (Fsp3) is 0. The van der Waals surface area contributed by atoms with E-state index in [4.69, 9.17) is 10.2 Å². The van der Waals surface area contributed by atoms with Crippen LogP contribution in [0.5, 0.6) is 5.75 Å². The highest BCUT2D eigenvalue weighted by atomic mass is 16.3. The van der Waals surface area contributed by atoms with Crippen LogP contribution < -0.4 is 5.73 Å². The summed E-state index contributed by atoms with van der Waals surface area (Å²) in [6, 6.07) is 10.4. The van der Waals surface area contributed by atoms with E-state index >= 15 is 0 Å². The number of phenolic OH excluding ortho intramolecular Hbond substituents is 1. The summed E-state index contributed by atoms with van der Waals surface area (Å²) in [6.07, 6.45) is 3.17. The molecule has 9 heteroatoms. The van der Waals surface area contributed by atoms with Crippen LogP contribution in [0.3, 0.4) is 0 Å². The molecule has 5 rings (SSSR count). The van der Waals surface area contributed by atoms with Crippen LogP contribution in [0.1, 0.15) is 0 Å². The molecule has 0 amide bonds. The lowest BCUT2D eigenvalue weighted by Gasteiger charge is -2.05. The van der Waals surface area contributed by atoms with E-state index in [0.717, 1.165) is 0 Å². The number of hydrogen-bond acceptors (Lipinski definition) is 7. The molecule has 0 aliphatic heterocycles. The number of para-hydroxylation sites is 2. The van der Waals surface area contributed by atoms with Gasteiger partial charge in [0.05, 0.1) is 17.8 Å². The van der Waals surface area contributed by atoms with Crippen molar-refractivity contribution in [2.24, 2.45) is 0 Å². The quantitative estimate of drug-likeness (QED) is 0.507. The van der Waals surface area contributed by atoms with Crippen LogP contribution in [-0.2, 0) is 0 Å². The average Bonchev–Trinajstić information content (AvgIpc) is 3.34. The lowest BCUT2D eigenvalue weighted by atomic mass is 10.3. The molecule has 1 aromatic carbocycles. The molecule has 122 valence electrons. The molecular formula is C16H11N7O2. The van der Waals surface area contributed by atoms with E-state index in [9.17, 15) is 5.11 Å². The lowest BCUT2D eigenvalue weighted by molar-refractivity contribution is 0.471. The molecule has 0 saturated heterocycles. The summed E-state index contributed by atoms with van der Waals surface area (Å²) in [5.41, 5.74) is 7.53. The van der Waals surface area contributed by atoms with Gasteiger partial charge in [0.2, 0.25) is 11.8 Å². The van der Waals surface area contributed by atoms with Gasteiger partial charge in [-0.2, -0.15) is 14.6 Å². The van der Waals surface area contributed by atoms with Gasteiger partial charge in [0.15, 0.2) is 17.1 Å². The van der Waals surface area contributed by atoms with Crippen LogP contribution in [-0.4, -0.2) is 34.5 Å². The first-order valence-corrected chi connectivity index (χ1v) is 7.44. The molecule has 5 aromatic rings. The van der Waals surface area contributed by atoms with Crippen molar-refractivity contribution in [3.05, 3.63) is 48.9 Å². The summed E-state index contributed by atoms with van der Waals surface area (Å²) in [4.78, 5) is 8.87. The zero-order valence-corrected chi connectivity index (χ0v) is 12.7. The molecule has 0 unspecified atom stereocenters. The van der Waals surface area contributed by atoms with E-state index < -0.39 is 0 Å². The predicted octanol–water partition coefficient (Wildman–Crippen LogP) is 2.01. The Labute approximate surface area is 140 Å². The highest BCUT2D eigenvalue weighted by molar-refractivity contribution is 5.91. The topological polar surface area (TPSA) is 120 Å². The van der Waals surface area contributed by atoms with Gasteiger partial charge in [-0.25, -0.2) is 9.67 Å². The van der Waals surface area contributed by atoms with Gasteiger partial charge >= 0.3 is 0 Å². The molecule has 0 saturated carbocycles. The average molecular weight is 333 g/mol. The molecule has 4 heterocycles. The van der Waals surface area contributed by atoms with Crippen LogP contribution >= 0.6 is 0 Å². The standard InChI is InChI=1S/C16H11N7O2/c17-16-20-15-9(8-18-22(15)10-4-1-2-5-11(10)24)14-19-13(21-23(14)16)12-6-3-7-25-12/h1-8,24H,(H2,17,20). The molecule has 3 N–H and O–H groups in total. The van der Waals surface area contributed by atoms with Gasteiger partial charge < -0.3 is 15.3 Å². The number of aromatic nitrogens is 6. The number of nitrogen functional groups attached to an aromatic ring is 1. The largest absolute Gasteiger partial charge is 0.506 e. The van der Waals surface area contributed by atoms with Crippen LogP contribution in [0.4, 0.5) is 5.95 Å².